The first-order valence-electron chi connectivity index (χ1n) is 11.6. The molecule has 6 nitrogen and oxygen atoms in total. The molecule has 0 unspecified atom stereocenters. The fraction of sp³-hybridized carbons (Fsp3) is 0.296. The SMILES string of the molecule is COCCN1C(=O)/C(=C/c2cn(-c3ccccc3)nc2-c2ccc(OCCC(C)C)cc2)SC1=S. The van der Waals surface area contributed by atoms with Crippen LogP contribution in [0.2, 0.25) is 0 Å². The van der Waals surface area contributed by atoms with E-state index in [1.807, 2.05) is 71.6 Å². The standard InChI is InChI=1S/C27H29N3O3S2/c1-19(2)13-15-33-23-11-9-20(10-12-23)25-21(18-30(28-25)22-7-5-4-6-8-22)17-24-26(31)29(14-16-32-3)27(34)35-24/h4-12,17-19H,13-16H2,1-3H3/b24-17-. The molecule has 8 heteroatoms. The van der Waals surface area contributed by atoms with Crippen LogP contribution in [-0.4, -0.2) is 51.8 Å². The number of carbonyl (C=O) groups excluding carboxylic acids is 1. The molecule has 0 aliphatic carbocycles. The maximum atomic E-state index is 13.0. The van der Waals surface area contributed by atoms with Crippen LogP contribution in [0.5, 0.6) is 5.75 Å². The molecular formula is C27H29N3O3S2. The van der Waals surface area contributed by atoms with Crippen molar-refractivity contribution < 1.29 is 14.3 Å². The topological polar surface area (TPSA) is 56.6 Å². The third-order valence-electron chi connectivity index (χ3n) is 5.53. The van der Waals surface area contributed by atoms with Gasteiger partial charge < -0.3 is 9.47 Å². The normalized spacial score (nSPS) is 15.0. The minimum Gasteiger partial charge on any atom is -0.494 e. The molecule has 1 saturated heterocycles. The Morgan fingerprint density at radius 3 is 2.51 bits per heavy atom. The van der Waals surface area contributed by atoms with Gasteiger partial charge in [0.25, 0.3) is 5.91 Å². The van der Waals surface area contributed by atoms with Gasteiger partial charge in [-0.15, -0.1) is 0 Å². The molecular weight excluding hydrogens is 478 g/mol. The Labute approximate surface area is 215 Å². The fourth-order valence-corrected chi connectivity index (χ4v) is 4.87. The van der Waals surface area contributed by atoms with Crippen LogP contribution in [0.25, 0.3) is 23.0 Å². The Balaban J connectivity index is 1.66. The van der Waals surface area contributed by atoms with Crippen LogP contribution >= 0.6 is 24.0 Å². The maximum Gasteiger partial charge on any atom is 0.266 e. The zero-order valence-corrected chi connectivity index (χ0v) is 21.8. The molecule has 182 valence electrons. The van der Waals surface area contributed by atoms with Gasteiger partial charge in [-0.3, -0.25) is 9.69 Å². The predicted molar refractivity (Wildman–Crippen MR) is 146 cm³/mol. The van der Waals surface area contributed by atoms with Gasteiger partial charge in [0, 0.05) is 24.4 Å². The molecule has 2 heterocycles. The molecule has 4 rings (SSSR count). The summed E-state index contributed by atoms with van der Waals surface area (Å²) in [7, 11) is 1.61. The molecule has 1 fully saturated rings. The summed E-state index contributed by atoms with van der Waals surface area (Å²) in [6, 6.07) is 17.8. The second kappa shape index (κ2) is 11.7. The molecule has 1 aliphatic heterocycles. The molecule has 2 aromatic carbocycles. The summed E-state index contributed by atoms with van der Waals surface area (Å²) in [4.78, 5) is 15.2. The lowest BCUT2D eigenvalue weighted by Crippen LogP contribution is -2.31. The van der Waals surface area contributed by atoms with Crippen LogP contribution in [0, 0.1) is 5.92 Å². The Morgan fingerprint density at radius 1 is 1.09 bits per heavy atom. The molecule has 0 saturated carbocycles. The largest absolute Gasteiger partial charge is 0.494 e. The van der Waals surface area contributed by atoms with Crippen molar-refractivity contribution in [2.75, 3.05) is 26.9 Å². The third kappa shape index (κ3) is 6.20. The fourth-order valence-electron chi connectivity index (χ4n) is 3.57. The second-order valence-corrected chi connectivity index (χ2v) is 10.3. The summed E-state index contributed by atoms with van der Waals surface area (Å²) in [5.74, 6) is 1.32. The van der Waals surface area contributed by atoms with E-state index in [2.05, 4.69) is 13.8 Å². The van der Waals surface area contributed by atoms with Crippen molar-refractivity contribution in [2.24, 2.45) is 5.92 Å². The van der Waals surface area contributed by atoms with Crippen LogP contribution in [-0.2, 0) is 9.53 Å². The highest BCUT2D eigenvalue weighted by Gasteiger charge is 2.32. The van der Waals surface area contributed by atoms with E-state index < -0.39 is 0 Å². The molecule has 0 radical (unpaired) electrons. The molecule has 1 aromatic heterocycles. The van der Waals surface area contributed by atoms with Crippen molar-refractivity contribution in [1.29, 1.82) is 0 Å². The van der Waals surface area contributed by atoms with Gasteiger partial charge in [0.15, 0.2) is 0 Å². The molecule has 0 atom stereocenters. The van der Waals surface area contributed by atoms with Gasteiger partial charge in [0.2, 0.25) is 0 Å². The van der Waals surface area contributed by atoms with E-state index in [1.54, 1.807) is 12.0 Å². The zero-order chi connectivity index (χ0) is 24.8. The Morgan fingerprint density at radius 2 is 1.83 bits per heavy atom. The van der Waals surface area contributed by atoms with Gasteiger partial charge in [-0.1, -0.05) is 56.0 Å². The minimum absolute atomic E-state index is 0.107. The van der Waals surface area contributed by atoms with Gasteiger partial charge in [-0.25, -0.2) is 4.68 Å². The number of aromatic nitrogens is 2. The lowest BCUT2D eigenvalue weighted by Gasteiger charge is -2.12. The molecule has 0 bridgehead atoms. The highest BCUT2D eigenvalue weighted by atomic mass is 32.2. The van der Waals surface area contributed by atoms with Crippen molar-refractivity contribution in [3.63, 3.8) is 0 Å². The van der Waals surface area contributed by atoms with E-state index in [0.29, 0.717) is 34.9 Å². The van der Waals surface area contributed by atoms with Crippen molar-refractivity contribution in [3.05, 3.63) is 71.3 Å². The lowest BCUT2D eigenvalue weighted by atomic mass is 10.1. The Kier molecular flexibility index (Phi) is 8.38. The van der Waals surface area contributed by atoms with Gasteiger partial charge in [-0.2, -0.15) is 5.10 Å². The average molecular weight is 508 g/mol. The summed E-state index contributed by atoms with van der Waals surface area (Å²) in [6.45, 7) is 5.93. The second-order valence-electron chi connectivity index (χ2n) is 8.59. The number of benzene rings is 2. The first-order chi connectivity index (χ1) is 17.0. The zero-order valence-electron chi connectivity index (χ0n) is 20.1. The lowest BCUT2D eigenvalue weighted by molar-refractivity contribution is -0.122. The van der Waals surface area contributed by atoms with E-state index >= 15 is 0 Å². The number of amides is 1. The highest BCUT2D eigenvalue weighted by Crippen LogP contribution is 2.35. The van der Waals surface area contributed by atoms with Gasteiger partial charge in [0.05, 0.1) is 36.0 Å². The van der Waals surface area contributed by atoms with E-state index in [4.69, 9.17) is 26.8 Å². The summed E-state index contributed by atoms with van der Waals surface area (Å²) in [5, 5.41) is 4.86. The smallest absolute Gasteiger partial charge is 0.266 e. The summed E-state index contributed by atoms with van der Waals surface area (Å²) in [6.07, 6.45) is 4.83. The summed E-state index contributed by atoms with van der Waals surface area (Å²) < 4.78 is 13.4. The molecule has 0 spiro atoms. The average Bonchev–Trinajstić information content (AvgIpc) is 3.39. The maximum absolute atomic E-state index is 13.0. The molecule has 1 aliphatic rings. The Hall–Kier alpha value is -2.94. The molecule has 0 N–H and O–H groups in total. The van der Waals surface area contributed by atoms with E-state index in [-0.39, 0.29) is 5.91 Å². The van der Waals surface area contributed by atoms with Crippen LogP contribution in [0.3, 0.4) is 0 Å². The van der Waals surface area contributed by atoms with Crippen LogP contribution in [0.15, 0.2) is 65.7 Å². The van der Waals surface area contributed by atoms with Crippen molar-refractivity contribution in [2.45, 2.75) is 20.3 Å². The number of hydrogen-bond acceptors (Lipinski definition) is 6. The van der Waals surface area contributed by atoms with Gasteiger partial charge in [0.1, 0.15) is 10.1 Å². The number of carbonyl (C=O) groups is 1. The minimum atomic E-state index is -0.107. The number of ether oxygens (including phenoxy) is 2. The number of methoxy groups -OCH3 is 1. The molecule has 1 amide bonds. The number of nitrogens with zero attached hydrogens (tertiary/aromatic N) is 3. The van der Waals surface area contributed by atoms with E-state index in [0.717, 1.165) is 34.7 Å². The Bertz CT molecular complexity index is 1200. The quantitative estimate of drug-likeness (QED) is 0.255. The van der Waals surface area contributed by atoms with E-state index in [1.165, 1.54) is 11.8 Å². The third-order valence-corrected chi connectivity index (χ3v) is 6.91. The predicted octanol–water partition coefficient (Wildman–Crippen LogP) is 5.81. The van der Waals surface area contributed by atoms with Crippen molar-refractivity contribution in [1.82, 2.24) is 14.7 Å². The number of rotatable bonds is 10. The van der Waals surface area contributed by atoms with E-state index in [9.17, 15) is 4.79 Å². The summed E-state index contributed by atoms with van der Waals surface area (Å²) in [5.41, 5.74) is 3.51. The first kappa shape index (κ1) is 25.2. The number of hydrogen-bond donors (Lipinski definition) is 0. The monoisotopic (exact) mass is 507 g/mol. The van der Waals surface area contributed by atoms with Crippen LogP contribution in [0.1, 0.15) is 25.8 Å². The summed E-state index contributed by atoms with van der Waals surface area (Å²) >= 11 is 6.74. The number of thiocarbonyl (C=S) groups is 1. The van der Waals surface area contributed by atoms with Crippen LogP contribution < -0.4 is 4.74 Å². The molecule has 3 aromatic rings. The van der Waals surface area contributed by atoms with Crippen molar-refractivity contribution >= 4 is 40.3 Å². The first-order valence-corrected chi connectivity index (χ1v) is 12.8. The van der Waals surface area contributed by atoms with Gasteiger partial charge >= 0.3 is 0 Å². The number of thioether (sulfide) groups is 1. The highest BCUT2D eigenvalue weighted by molar-refractivity contribution is 8.26. The van der Waals surface area contributed by atoms with Crippen molar-refractivity contribution in [3.8, 4) is 22.7 Å². The van der Waals surface area contributed by atoms with Crippen LogP contribution in [0.4, 0.5) is 0 Å². The molecule has 35 heavy (non-hydrogen) atoms. The number of para-hydroxylation sites is 1. The van der Waals surface area contributed by atoms with Gasteiger partial charge in [-0.05, 0) is 54.8 Å².